The Labute approximate surface area is 125 Å². The average Bonchev–Trinajstić information content (AvgIpc) is 2.29. The Morgan fingerprint density at radius 1 is 1.05 bits per heavy atom. The Kier molecular flexibility index (Phi) is 9.64. The Hall–Kier alpha value is -0.160. The van der Waals surface area contributed by atoms with Crippen molar-refractivity contribution in [1.82, 2.24) is 10.2 Å². The van der Waals surface area contributed by atoms with Gasteiger partial charge in [0.05, 0.1) is 12.2 Å². The third-order valence-electron chi connectivity index (χ3n) is 3.67. The normalized spacial score (nSPS) is 15.9. The summed E-state index contributed by atoms with van der Waals surface area (Å²) in [6.07, 6.45) is 1.56. The molecule has 4 nitrogen and oxygen atoms in total. The first-order valence-corrected chi connectivity index (χ1v) is 7.97. The van der Waals surface area contributed by atoms with E-state index in [1.54, 1.807) is 6.92 Å². The van der Waals surface area contributed by atoms with Crippen molar-refractivity contribution >= 4 is 0 Å². The molecule has 0 saturated heterocycles. The van der Waals surface area contributed by atoms with Crippen molar-refractivity contribution in [2.75, 3.05) is 26.2 Å². The second-order valence-corrected chi connectivity index (χ2v) is 7.09. The molecule has 2 atom stereocenters. The predicted molar refractivity (Wildman–Crippen MR) is 86.0 cm³/mol. The lowest BCUT2D eigenvalue weighted by molar-refractivity contribution is 0.0493. The zero-order chi connectivity index (χ0) is 15.8. The van der Waals surface area contributed by atoms with Crippen LogP contribution in [0.25, 0.3) is 0 Å². The summed E-state index contributed by atoms with van der Waals surface area (Å²) in [6.45, 7) is 15.8. The summed E-state index contributed by atoms with van der Waals surface area (Å²) >= 11 is 0. The average molecular weight is 288 g/mol. The van der Waals surface area contributed by atoms with E-state index < -0.39 is 0 Å². The Morgan fingerprint density at radius 2 is 1.65 bits per heavy atom. The van der Waals surface area contributed by atoms with Gasteiger partial charge in [0.15, 0.2) is 0 Å². The van der Waals surface area contributed by atoms with Gasteiger partial charge in [-0.05, 0) is 59.5 Å². The van der Waals surface area contributed by atoms with E-state index in [0.29, 0.717) is 12.5 Å². The minimum atomic E-state index is -0.299. The Balaban J connectivity index is 4.35. The SMILES string of the molecule is CC(C)CCN(CC(C)O)C(C)(C)CCNCC(C)O. The van der Waals surface area contributed by atoms with E-state index in [1.165, 1.54) is 0 Å². The summed E-state index contributed by atoms with van der Waals surface area (Å²) in [5.41, 5.74) is 0.0531. The van der Waals surface area contributed by atoms with E-state index in [9.17, 15) is 10.2 Å². The summed E-state index contributed by atoms with van der Waals surface area (Å²) in [4.78, 5) is 2.39. The molecule has 0 heterocycles. The van der Waals surface area contributed by atoms with Crippen LogP contribution in [-0.2, 0) is 0 Å². The molecule has 0 radical (unpaired) electrons. The van der Waals surface area contributed by atoms with Crippen molar-refractivity contribution in [2.24, 2.45) is 5.92 Å². The van der Waals surface area contributed by atoms with E-state index in [-0.39, 0.29) is 17.7 Å². The molecule has 3 N–H and O–H groups in total. The van der Waals surface area contributed by atoms with E-state index in [2.05, 4.69) is 37.9 Å². The number of rotatable bonds is 11. The fourth-order valence-corrected chi connectivity index (χ4v) is 2.24. The van der Waals surface area contributed by atoms with Crippen molar-refractivity contribution in [2.45, 2.75) is 72.1 Å². The number of aliphatic hydroxyl groups is 2. The highest BCUT2D eigenvalue weighted by molar-refractivity contribution is 4.83. The van der Waals surface area contributed by atoms with Crippen LogP contribution in [0.2, 0.25) is 0 Å². The van der Waals surface area contributed by atoms with Gasteiger partial charge in [0.2, 0.25) is 0 Å². The van der Waals surface area contributed by atoms with Gasteiger partial charge in [-0.3, -0.25) is 4.90 Å². The highest BCUT2D eigenvalue weighted by Gasteiger charge is 2.27. The molecule has 0 aromatic heterocycles. The quantitative estimate of drug-likeness (QED) is 0.508. The van der Waals surface area contributed by atoms with Crippen LogP contribution >= 0.6 is 0 Å². The number of hydrogen-bond donors (Lipinski definition) is 3. The molecule has 20 heavy (non-hydrogen) atoms. The summed E-state index contributed by atoms with van der Waals surface area (Å²) < 4.78 is 0. The topological polar surface area (TPSA) is 55.7 Å². The van der Waals surface area contributed by atoms with E-state index in [0.717, 1.165) is 32.5 Å². The summed E-state index contributed by atoms with van der Waals surface area (Å²) in [6, 6.07) is 0. The lowest BCUT2D eigenvalue weighted by Crippen LogP contribution is -2.49. The molecular formula is C16H36N2O2. The summed E-state index contributed by atoms with van der Waals surface area (Å²) in [7, 11) is 0. The van der Waals surface area contributed by atoms with Crippen molar-refractivity contribution in [3.63, 3.8) is 0 Å². The highest BCUT2D eigenvalue weighted by Crippen LogP contribution is 2.20. The lowest BCUT2D eigenvalue weighted by Gasteiger charge is -2.40. The largest absolute Gasteiger partial charge is 0.392 e. The van der Waals surface area contributed by atoms with Crippen LogP contribution in [0.3, 0.4) is 0 Å². The van der Waals surface area contributed by atoms with Gasteiger partial charge < -0.3 is 15.5 Å². The molecule has 0 aromatic rings. The third-order valence-corrected chi connectivity index (χ3v) is 3.67. The number of hydrogen-bond acceptors (Lipinski definition) is 4. The smallest absolute Gasteiger partial charge is 0.0639 e. The molecule has 0 bridgehead atoms. The predicted octanol–water partition coefficient (Wildman–Crippen LogP) is 1.85. The van der Waals surface area contributed by atoms with Crippen LogP contribution in [0.4, 0.5) is 0 Å². The highest BCUT2D eigenvalue weighted by atomic mass is 16.3. The third kappa shape index (κ3) is 9.70. The van der Waals surface area contributed by atoms with Crippen molar-refractivity contribution in [3.05, 3.63) is 0 Å². The number of nitrogens with zero attached hydrogens (tertiary/aromatic N) is 1. The number of aliphatic hydroxyl groups excluding tert-OH is 2. The summed E-state index contributed by atoms with van der Waals surface area (Å²) in [5.74, 6) is 0.677. The van der Waals surface area contributed by atoms with Gasteiger partial charge in [-0.1, -0.05) is 13.8 Å². The molecule has 0 aliphatic heterocycles. The van der Waals surface area contributed by atoms with Crippen LogP contribution in [0, 0.1) is 5.92 Å². The number of β-amino-alcohol motifs (C(OH)–C–C–N with tert-alkyl or cyclic N) is 1. The van der Waals surface area contributed by atoms with Crippen LogP contribution in [0.15, 0.2) is 0 Å². The fourth-order valence-electron chi connectivity index (χ4n) is 2.24. The zero-order valence-corrected chi connectivity index (χ0v) is 14.3. The summed E-state index contributed by atoms with van der Waals surface area (Å²) in [5, 5.41) is 22.2. The van der Waals surface area contributed by atoms with Crippen LogP contribution < -0.4 is 5.32 Å². The van der Waals surface area contributed by atoms with Gasteiger partial charge in [0.1, 0.15) is 0 Å². The minimum Gasteiger partial charge on any atom is -0.392 e. The van der Waals surface area contributed by atoms with Crippen molar-refractivity contribution in [3.8, 4) is 0 Å². The first-order chi connectivity index (χ1) is 9.15. The molecular weight excluding hydrogens is 252 g/mol. The molecule has 2 unspecified atom stereocenters. The second-order valence-electron chi connectivity index (χ2n) is 7.09. The molecule has 0 rings (SSSR count). The van der Waals surface area contributed by atoms with E-state index in [1.807, 2.05) is 6.92 Å². The van der Waals surface area contributed by atoms with Crippen molar-refractivity contribution in [1.29, 1.82) is 0 Å². The maximum Gasteiger partial charge on any atom is 0.0639 e. The Bertz CT molecular complexity index is 241. The standard InChI is InChI=1S/C16H36N2O2/c1-13(2)7-10-18(12-15(4)20)16(5,6)8-9-17-11-14(3)19/h13-15,17,19-20H,7-12H2,1-6H3. The van der Waals surface area contributed by atoms with Gasteiger partial charge in [-0.2, -0.15) is 0 Å². The zero-order valence-electron chi connectivity index (χ0n) is 14.3. The van der Waals surface area contributed by atoms with E-state index >= 15 is 0 Å². The van der Waals surface area contributed by atoms with Gasteiger partial charge in [-0.15, -0.1) is 0 Å². The molecule has 0 saturated carbocycles. The molecule has 0 amide bonds. The molecule has 122 valence electrons. The molecule has 4 heteroatoms. The van der Waals surface area contributed by atoms with Crippen LogP contribution in [-0.4, -0.2) is 59.0 Å². The molecule has 0 aliphatic carbocycles. The maximum atomic E-state index is 9.71. The van der Waals surface area contributed by atoms with Gasteiger partial charge in [-0.25, -0.2) is 0 Å². The fraction of sp³-hybridized carbons (Fsp3) is 1.00. The molecule has 0 aromatic carbocycles. The van der Waals surface area contributed by atoms with E-state index in [4.69, 9.17) is 0 Å². The van der Waals surface area contributed by atoms with Crippen LogP contribution in [0.1, 0.15) is 54.4 Å². The van der Waals surface area contributed by atoms with Crippen LogP contribution in [0.5, 0.6) is 0 Å². The number of nitrogens with one attached hydrogen (secondary N) is 1. The van der Waals surface area contributed by atoms with Gasteiger partial charge >= 0.3 is 0 Å². The van der Waals surface area contributed by atoms with Crippen molar-refractivity contribution < 1.29 is 10.2 Å². The Morgan fingerprint density at radius 3 is 2.10 bits per heavy atom. The molecule has 0 aliphatic rings. The molecule has 0 fully saturated rings. The first kappa shape index (κ1) is 19.8. The second kappa shape index (κ2) is 9.72. The van der Waals surface area contributed by atoms with Gasteiger partial charge in [0.25, 0.3) is 0 Å². The molecule has 0 spiro atoms. The van der Waals surface area contributed by atoms with Gasteiger partial charge in [0, 0.05) is 18.6 Å². The first-order valence-electron chi connectivity index (χ1n) is 7.97. The maximum absolute atomic E-state index is 9.71. The minimum absolute atomic E-state index is 0.0531. The lowest BCUT2D eigenvalue weighted by atomic mass is 9.96. The monoisotopic (exact) mass is 288 g/mol.